The van der Waals surface area contributed by atoms with E-state index in [2.05, 4.69) is 15.6 Å². The molecule has 7 nitrogen and oxygen atoms in total. The molecule has 0 aliphatic carbocycles. The van der Waals surface area contributed by atoms with E-state index in [-0.39, 0.29) is 24.1 Å². The predicted molar refractivity (Wildman–Crippen MR) is 98.1 cm³/mol. The molecule has 0 saturated heterocycles. The molecule has 1 amide bonds. The molecule has 0 fully saturated rings. The van der Waals surface area contributed by atoms with Crippen LogP contribution in [0.25, 0.3) is 10.9 Å². The Labute approximate surface area is 147 Å². The largest absolute Gasteiger partial charge is 0.361 e. The molecule has 2 rings (SSSR count). The maximum Gasteiger partial charge on any atom is 0.264 e. The van der Waals surface area contributed by atoms with E-state index in [0.717, 1.165) is 16.5 Å². The average molecular weight is 367 g/mol. The van der Waals surface area contributed by atoms with Crippen molar-refractivity contribution in [1.29, 1.82) is 0 Å². The second-order valence-corrected chi connectivity index (χ2v) is 7.95. The Morgan fingerprint density at radius 3 is 2.68 bits per heavy atom. The van der Waals surface area contributed by atoms with E-state index >= 15 is 0 Å². The number of fused-ring (bicyclic) bond motifs is 1. The third kappa shape index (κ3) is 6.15. The predicted octanol–water partition coefficient (Wildman–Crippen LogP) is 1.47. The summed E-state index contributed by atoms with van der Waals surface area (Å²) in [6.07, 6.45) is 2.60. The maximum absolute atomic E-state index is 12.5. The summed E-state index contributed by atoms with van der Waals surface area (Å²) in [5.74, 6) is -0.460. The van der Waals surface area contributed by atoms with Gasteiger partial charge in [0.2, 0.25) is 5.91 Å². The van der Waals surface area contributed by atoms with E-state index < -0.39 is 16.2 Å². The zero-order valence-corrected chi connectivity index (χ0v) is 15.3. The smallest absolute Gasteiger partial charge is 0.264 e. The van der Waals surface area contributed by atoms with E-state index in [9.17, 15) is 13.2 Å². The molecule has 0 aliphatic rings. The second kappa shape index (κ2) is 8.46. The Bertz CT molecular complexity index is 814. The van der Waals surface area contributed by atoms with Crippen LogP contribution in [-0.2, 0) is 21.3 Å². The Kier molecular flexibility index (Phi) is 6.57. The quantitative estimate of drug-likeness (QED) is 0.396. The van der Waals surface area contributed by atoms with Gasteiger partial charge in [0.15, 0.2) is 0 Å². The summed E-state index contributed by atoms with van der Waals surface area (Å²) in [5, 5.41) is 7.04. The third-order valence-electron chi connectivity index (χ3n) is 3.82. The van der Waals surface area contributed by atoms with Crippen LogP contribution in [0.4, 0.5) is 0 Å². The number of H-pyrrole nitrogens is 1. The van der Waals surface area contributed by atoms with Crippen LogP contribution in [0.15, 0.2) is 30.5 Å². The van der Waals surface area contributed by atoms with Gasteiger partial charge >= 0.3 is 0 Å². The van der Waals surface area contributed by atoms with E-state index in [4.69, 9.17) is 4.55 Å². The van der Waals surface area contributed by atoms with Gasteiger partial charge in [-0.3, -0.25) is 9.35 Å². The van der Waals surface area contributed by atoms with Gasteiger partial charge in [-0.25, -0.2) is 0 Å². The SMILES string of the molecule is CC(C)NC(=O)[C@H](Cc1c[nH]c2ccccc12)NCCCS(=O)(=O)O. The fourth-order valence-corrected chi connectivity index (χ4v) is 3.20. The summed E-state index contributed by atoms with van der Waals surface area (Å²) in [7, 11) is -3.99. The summed E-state index contributed by atoms with van der Waals surface area (Å²) in [6.45, 7) is 4.09. The van der Waals surface area contributed by atoms with E-state index in [1.54, 1.807) is 0 Å². The molecule has 0 spiro atoms. The first kappa shape index (κ1) is 19.4. The summed E-state index contributed by atoms with van der Waals surface area (Å²) in [5.41, 5.74) is 2.02. The number of carbonyl (C=O) groups is 1. The van der Waals surface area contributed by atoms with Crippen molar-refractivity contribution in [3.05, 3.63) is 36.0 Å². The third-order valence-corrected chi connectivity index (χ3v) is 4.62. The van der Waals surface area contributed by atoms with Crippen LogP contribution in [0.3, 0.4) is 0 Å². The number of hydrogen-bond acceptors (Lipinski definition) is 4. The maximum atomic E-state index is 12.5. The lowest BCUT2D eigenvalue weighted by Gasteiger charge is -2.20. The molecule has 4 N–H and O–H groups in total. The van der Waals surface area contributed by atoms with Crippen LogP contribution in [-0.4, -0.2) is 48.2 Å². The summed E-state index contributed by atoms with van der Waals surface area (Å²) in [4.78, 5) is 15.6. The zero-order valence-electron chi connectivity index (χ0n) is 14.5. The number of para-hydroxylation sites is 1. The Morgan fingerprint density at radius 2 is 2.00 bits per heavy atom. The molecule has 138 valence electrons. The van der Waals surface area contributed by atoms with E-state index in [1.165, 1.54) is 0 Å². The van der Waals surface area contributed by atoms with Crippen molar-refractivity contribution in [1.82, 2.24) is 15.6 Å². The molecule has 0 bridgehead atoms. The van der Waals surface area contributed by atoms with Gasteiger partial charge in [0.1, 0.15) is 0 Å². The summed E-state index contributed by atoms with van der Waals surface area (Å²) in [6, 6.07) is 7.39. The van der Waals surface area contributed by atoms with Crippen LogP contribution in [0.2, 0.25) is 0 Å². The van der Waals surface area contributed by atoms with Crippen molar-refractivity contribution in [2.75, 3.05) is 12.3 Å². The first-order valence-corrected chi connectivity index (χ1v) is 9.91. The van der Waals surface area contributed by atoms with Gasteiger partial charge < -0.3 is 15.6 Å². The number of aromatic nitrogens is 1. The van der Waals surface area contributed by atoms with Crippen molar-refractivity contribution in [3.63, 3.8) is 0 Å². The van der Waals surface area contributed by atoms with Gasteiger partial charge in [-0.1, -0.05) is 18.2 Å². The van der Waals surface area contributed by atoms with Crippen LogP contribution in [0, 0.1) is 0 Å². The molecule has 0 aliphatic heterocycles. The van der Waals surface area contributed by atoms with Crippen molar-refractivity contribution < 1.29 is 17.8 Å². The molecule has 0 unspecified atom stereocenters. The number of carbonyl (C=O) groups excluding carboxylic acids is 1. The monoisotopic (exact) mass is 367 g/mol. The fourth-order valence-electron chi connectivity index (χ4n) is 2.69. The van der Waals surface area contributed by atoms with Crippen LogP contribution in [0.5, 0.6) is 0 Å². The highest BCUT2D eigenvalue weighted by atomic mass is 32.2. The first-order valence-electron chi connectivity index (χ1n) is 8.30. The molecular weight excluding hydrogens is 342 g/mol. The van der Waals surface area contributed by atoms with Crippen molar-refractivity contribution in [3.8, 4) is 0 Å². The van der Waals surface area contributed by atoms with E-state index in [0.29, 0.717) is 13.0 Å². The molecule has 1 aromatic carbocycles. The van der Waals surface area contributed by atoms with Gasteiger partial charge in [-0.15, -0.1) is 0 Å². The fraction of sp³-hybridized carbons (Fsp3) is 0.471. The molecule has 8 heteroatoms. The molecule has 2 aromatic rings. The van der Waals surface area contributed by atoms with Crippen molar-refractivity contribution in [2.24, 2.45) is 0 Å². The van der Waals surface area contributed by atoms with Crippen LogP contribution >= 0.6 is 0 Å². The summed E-state index contributed by atoms with van der Waals surface area (Å²) < 4.78 is 30.4. The highest BCUT2D eigenvalue weighted by Gasteiger charge is 2.20. The number of benzene rings is 1. The molecule has 0 saturated carbocycles. The lowest BCUT2D eigenvalue weighted by molar-refractivity contribution is -0.123. The minimum absolute atomic E-state index is 0.0117. The van der Waals surface area contributed by atoms with Crippen molar-refractivity contribution >= 4 is 26.9 Å². The van der Waals surface area contributed by atoms with Gasteiger partial charge in [-0.2, -0.15) is 8.42 Å². The molecule has 1 atom stereocenters. The van der Waals surface area contributed by atoms with Gasteiger partial charge in [0.25, 0.3) is 10.1 Å². The number of rotatable bonds is 9. The molecule has 1 aromatic heterocycles. The van der Waals surface area contributed by atoms with E-state index in [1.807, 2.05) is 44.3 Å². The normalized spacial score (nSPS) is 13.3. The van der Waals surface area contributed by atoms with Crippen molar-refractivity contribution in [2.45, 2.75) is 38.8 Å². The number of nitrogens with one attached hydrogen (secondary N) is 3. The molecule has 25 heavy (non-hydrogen) atoms. The number of amides is 1. The van der Waals surface area contributed by atoms with Gasteiger partial charge in [-0.05, 0) is 44.9 Å². The first-order chi connectivity index (χ1) is 11.8. The lowest BCUT2D eigenvalue weighted by atomic mass is 10.0. The van der Waals surface area contributed by atoms with Gasteiger partial charge in [0.05, 0.1) is 11.8 Å². The molecule has 1 heterocycles. The zero-order chi connectivity index (χ0) is 18.4. The summed E-state index contributed by atoms with van der Waals surface area (Å²) >= 11 is 0. The standard InChI is InChI=1S/C17H25N3O4S/c1-12(2)20-17(21)16(18-8-5-9-25(22,23)24)10-13-11-19-15-7-4-3-6-14(13)15/h3-4,6-7,11-12,16,18-19H,5,8-10H2,1-2H3,(H,20,21)(H,22,23,24)/t16-/m0/s1. The Morgan fingerprint density at radius 1 is 1.28 bits per heavy atom. The average Bonchev–Trinajstić information content (AvgIpc) is 2.91. The Hall–Kier alpha value is -1.90. The molecule has 0 radical (unpaired) electrons. The number of aromatic amines is 1. The lowest BCUT2D eigenvalue weighted by Crippen LogP contribution is -2.48. The van der Waals surface area contributed by atoms with Crippen LogP contribution < -0.4 is 10.6 Å². The highest BCUT2D eigenvalue weighted by Crippen LogP contribution is 2.19. The highest BCUT2D eigenvalue weighted by molar-refractivity contribution is 7.85. The Balaban J connectivity index is 2.07. The number of hydrogen-bond donors (Lipinski definition) is 4. The minimum Gasteiger partial charge on any atom is -0.361 e. The van der Waals surface area contributed by atoms with Crippen LogP contribution in [0.1, 0.15) is 25.8 Å². The second-order valence-electron chi connectivity index (χ2n) is 6.37. The van der Waals surface area contributed by atoms with Gasteiger partial charge in [0, 0.05) is 23.1 Å². The minimum atomic E-state index is -3.99. The molecular formula is C17H25N3O4S. The topological polar surface area (TPSA) is 111 Å².